The van der Waals surface area contributed by atoms with E-state index in [-0.39, 0.29) is 17.6 Å². The Kier molecular flexibility index (Phi) is 5.00. The summed E-state index contributed by atoms with van der Waals surface area (Å²) in [4.78, 5) is 31.1. The van der Waals surface area contributed by atoms with E-state index in [1.54, 1.807) is 17.2 Å². The summed E-state index contributed by atoms with van der Waals surface area (Å²) in [6.07, 6.45) is 6.51. The van der Waals surface area contributed by atoms with Gasteiger partial charge in [0.15, 0.2) is 5.75 Å². The van der Waals surface area contributed by atoms with Gasteiger partial charge in [0.1, 0.15) is 0 Å². The average molecular weight is 454 g/mol. The van der Waals surface area contributed by atoms with Gasteiger partial charge in [-0.1, -0.05) is 35.3 Å². The molecule has 0 aliphatic carbocycles. The van der Waals surface area contributed by atoms with Gasteiger partial charge in [-0.25, -0.2) is 9.97 Å². The number of carbonyl (C=O) groups is 1. The highest BCUT2D eigenvalue weighted by atomic mass is 35.5. The highest BCUT2D eigenvalue weighted by Gasteiger charge is 2.34. The number of nitrogens with zero attached hydrogens (tertiary/aromatic N) is 4. The maximum absolute atomic E-state index is 13.3. The molecule has 0 radical (unpaired) electrons. The second-order valence-corrected chi connectivity index (χ2v) is 8.06. The van der Waals surface area contributed by atoms with Crippen LogP contribution in [0.4, 0.5) is 0 Å². The fourth-order valence-corrected chi connectivity index (χ4v) is 4.37. The van der Waals surface area contributed by atoms with E-state index in [1.165, 1.54) is 19.5 Å². The Morgan fingerprint density at radius 3 is 2.71 bits per heavy atom. The minimum Gasteiger partial charge on any atom is -0.494 e. The van der Waals surface area contributed by atoms with E-state index in [9.17, 15) is 4.79 Å². The van der Waals surface area contributed by atoms with Gasteiger partial charge in [0.2, 0.25) is 5.82 Å². The van der Waals surface area contributed by atoms with Crippen molar-refractivity contribution in [2.75, 3.05) is 13.7 Å². The predicted molar refractivity (Wildman–Crippen MR) is 118 cm³/mol. The van der Waals surface area contributed by atoms with Crippen molar-refractivity contribution < 1.29 is 9.53 Å². The molecule has 156 valence electrons. The number of amides is 1. The maximum Gasteiger partial charge on any atom is 0.291 e. The van der Waals surface area contributed by atoms with Crippen molar-refractivity contribution in [3.63, 3.8) is 0 Å². The lowest BCUT2D eigenvalue weighted by atomic mass is 9.89. The molecule has 7 nitrogen and oxygen atoms in total. The Morgan fingerprint density at radius 1 is 1.19 bits per heavy atom. The minimum absolute atomic E-state index is 0.109. The summed E-state index contributed by atoms with van der Waals surface area (Å²) in [5.74, 6) is 0.252. The number of hydrogen-bond donors (Lipinski definition) is 1. The third kappa shape index (κ3) is 3.40. The van der Waals surface area contributed by atoms with Gasteiger partial charge in [-0.15, -0.1) is 0 Å². The van der Waals surface area contributed by atoms with Gasteiger partial charge in [-0.3, -0.25) is 9.78 Å². The summed E-state index contributed by atoms with van der Waals surface area (Å²) >= 11 is 12.7. The van der Waals surface area contributed by atoms with Crippen molar-refractivity contribution in [2.45, 2.75) is 12.5 Å². The van der Waals surface area contributed by atoms with Crippen molar-refractivity contribution in [3.8, 4) is 5.75 Å². The van der Waals surface area contributed by atoms with Crippen molar-refractivity contribution in [2.24, 2.45) is 0 Å². The fraction of sp³-hybridized carbons (Fsp3) is 0.182. The second-order valence-electron chi connectivity index (χ2n) is 7.27. The molecule has 0 spiro atoms. The molecule has 1 unspecified atom stereocenters. The summed E-state index contributed by atoms with van der Waals surface area (Å²) in [5.41, 5.74) is 3.76. The summed E-state index contributed by atoms with van der Waals surface area (Å²) in [6, 6.07) is 7.58. The Bertz CT molecular complexity index is 1270. The molecule has 4 heterocycles. The molecule has 1 aliphatic rings. The largest absolute Gasteiger partial charge is 0.494 e. The Hall–Kier alpha value is -3.16. The van der Waals surface area contributed by atoms with Gasteiger partial charge in [0.05, 0.1) is 35.1 Å². The van der Waals surface area contributed by atoms with Crippen LogP contribution in [0.2, 0.25) is 10.0 Å². The van der Waals surface area contributed by atoms with Crippen molar-refractivity contribution in [3.05, 3.63) is 81.7 Å². The number of carbonyl (C=O) groups excluding carboxylic acids is 1. The SMILES string of the molecule is COc1cnc(C(=O)N2Cc3c([nH]c4c(Cl)c(Cl)ccc34)C(c3cccnc3)C2)nc1. The third-order valence-corrected chi connectivity index (χ3v) is 6.34. The fourth-order valence-electron chi connectivity index (χ4n) is 4.00. The topological polar surface area (TPSA) is 84.0 Å². The average Bonchev–Trinajstić information content (AvgIpc) is 3.20. The highest BCUT2D eigenvalue weighted by Crippen LogP contribution is 2.41. The normalized spacial score (nSPS) is 15.7. The first-order valence-corrected chi connectivity index (χ1v) is 10.4. The molecule has 1 amide bonds. The Labute approximate surface area is 188 Å². The zero-order chi connectivity index (χ0) is 21.5. The van der Waals surface area contributed by atoms with Crippen molar-refractivity contribution >= 4 is 40.0 Å². The van der Waals surface area contributed by atoms with Crippen LogP contribution in [0.1, 0.15) is 33.4 Å². The van der Waals surface area contributed by atoms with Crippen LogP contribution in [-0.2, 0) is 6.54 Å². The molecule has 1 atom stereocenters. The quantitative estimate of drug-likeness (QED) is 0.494. The van der Waals surface area contributed by atoms with Gasteiger partial charge in [-0.2, -0.15) is 0 Å². The molecule has 0 saturated carbocycles. The molecule has 0 fully saturated rings. The molecule has 0 saturated heterocycles. The number of ether oxygens (including phenoxy) is 1. The third-order valence-electron chi connectivity index (χ3n) is 5.53. The first-order valence-electron chi connectivity index (χ1n) is 9.60. The second kappa shape index (κ2) is 7.83. The monoisotopic (exact) mass is 453 g/mol. The van der Waals surface area contributed by atoms with Crippen LogP contribution < -0.4 is 4.74 Å². The van der Waals surface area contributed by atoms with E-state index in [0.717, 1.165) is 27.7 Å². The number of H-pyrrole nitrogens is 1. The smallest absolute Gasteiger partial charge is 0.291 e. The summed E-state index contributed by atoms with van der Waals surface area (Å²) in [5, 5.41) is 1.88. The van der Waals surface area contributed by atoms with Crippen LogP contribution >= 0.6 is 23.2 Å². The molecule has 1 N–H and O–H groups in total. The van der Waals surface area contributed by atoms with Gasteiger partial charge in [0.25, 0.3) is 5.91 Å². The summed E-state index contributed by atoms with van der Waals surface area (Å²) < 4.78 is 5.09. The minimum atomic E-state index is -0.253. The molecule has 3 aromatic heterocycles. The number of rotatable bonds is 3. The number of halogens is 2. The number of aromatic amines is 1. The molecule has 1 aromatic carbocycles. The number of benzene rings is 1. The van der Waals surface area contributed by atoms with Crippen molar-refractivity contribution in [1.29, 1.82) is 0 Å². The highest BCUT2D eigenvalue weighted by molar-refractivity contribution is 6.45. The van der Waals surface area contributed by atoms with Crippen LogP contribution in [0.15, 0.2) is 49.1 Å². The molecule has 4 aromatic rings. The van der Waals surface area contributed by atoms with Gasteiger partial charge in [-0.05, 0) is 17.7 Å². The van der Waals surface area contributed by atoms with E-state index >= 15 is 0 Å². The first-order chi connectivity index (χ1) is 15.1. The molecule has 1 aliphatic heterocycles. The van der Waals surface area contributed by atoms with Gasteiger partial charge in [0, 0.05) is 48.0 Å². The molecule has 5 rings (SSSR count). The maximum atomic E-state index is 13.3. The Morgan fingerprint density at radius 2 is 2.00 bits per heavy atom. The van der Waals surface area contributed by atoms with E-state index in [4.69, 9.17) is 27.9 Å². The standard InChI is InChI=1S/C22H17Cl2N5O2/c1-31-13-8-26-21(27-9-13)22(30)29-10-15(12-3-2-6-25-7-12)19-16(11-29)14-4-5-17(23)18(24)20(14)28-19/h2-9,15,28H,10-11H2,1H3. The number of pyridine rings is 1. The van der Waals surface area contributed by atoms with E-state index in [0.29, 0.717) is 28.9 Å². The zero-order valence-corrected chi connectivity index (χ0v) is 18.0. The lowest BCUT2D eigenvalue weighted by molar-refractivity contribution is 0.0712. The summed E-state index contributed by atoms with van der Waals surface area (Å²) in [7, 11) is 1.53. The summed E-state index contributed by atoms with van der Waals surface area (Å²) in [6.45, 7) is 0.851. The van der Waals surface area contributed by atoms with Crippen LogP contribution in [-0.4, -0.2) is 44.4 Å². The number of nitrogens with one attached hydrogen (secondary N) is 1. The van der Waals surface area contributed by atoms with Crippen LogP contribution in [0.5, 0.6) is 5.75 Å². The molecule has 0 bridgehead atoms. The predicted octanol–water partition coefficient (Wildman–Crippen LogP) is 4.46. The number of methoxy groups -OCH3 is 1. The van der Waals surface area contributed by atoms with E-state index in [2.05, 4.69) is 19.9 Å². The molecule has 31 heavy (non-hydrogen) atoms. The van der Waals surface area contributed by atoms with Gasteiger partial charge >= 0.3 is 0 Å². The van der Waals surface area contributed by atoms with Crippen molar-refractivity contribution in [1.82, 2.24) is 24.8 Å². The lowest BCUT2D eigenvalue weighted by Gasteiger charge is -2.32. The molecular formula is C22H17Cl2N5O2. The van der Waals surface area contributed by atoms with Crippen LogP contribution in [0, 0.1) is 0 Å². The van der Waals surface area contributed by atoms with Crippen LogP contribution in [0.3, 0.4) is 0 Å². The zero-order valence-electron chi connectivity index (χ0n) is 16.5. The van der Waals surface area contributed by atoms with E-state index < -0.39 is 0 Å². The lowest BCUT2D eigenvalue weighted by Crippen LogP contribution is -2.39. The molecular weight excluding hydrogens is 437 g/mol. The van der Waals surface area contributed by atoms with E-state index in [1.807, 2.05) is 24.4 Å². The first kappa shape index (κ1) is 19.8. The number of hydrogen-bond acceptors (Lipinski definition) is 5. The molecule has 9 heteroatoms. The number of aromatic nitrogens is 4. The van der Waals surface area contributed by atoms with Gasteiger partial charge < -0.3 is 14.6 Å². The number of fused-ring (bicyclic) bond motifs is 3. The Balaban J connectivity index is 1.61. The van der Waals surface area contributed by atoms with Crippen LogP contribution in [0.25, 0.3) is 10.9 Å².